The van der Waals surface area contributed by atoms with Crippen LogP contribution in [-0.4, -0.2) is 31.2 Å². The predicted octanol–water partition coefficient (Wildman–Crippen LogP) is 0.513. The maximum absolute atomic E-state index is 11.2. The van der Waals surface area contributed by atoms with Crippen molar-refractivity contribution in [2.45, 2.75) is 33.2 Å². The second-order valence-electron chi connectivity index (χ2n) is 4.11. The lowest BCUT2D eigenvalue weighted by molar-refractivity contribution is -0.126. The van der Waals surface area contributed by atoms with E-state index in [4.69, 9.17) is 10.5 Å². The lowest BCUT2D eigenvalue weighted by Gasteiger charge is -2.28. The number of carbonyl (C=O) groups excluding carboxylic acids is 1. The second kappa shape index (κ2) is 5.98. The van der Waals surface area contributed by atoms with Gasteiger partial charge in [-0.3, -0.25) is 4.79 Å². The zero-order valence-electron chi connectivity index (χ0n) is 9.59. The average molecular weight is 202 g/mol. The van der Waals surface area contributed by atoms with E-state index in [1.54, 1.807) is 6.92 Å². The molecule has 0 rings (SSSR count). The van der Waals surface area contributed by atoms with Crippen molar-refractivity contribution in [2.75, 3.05) is 19.8 Å². The third-order valence-corrected chi connectivity index (χ3v) is 2.04. The molecular formula is C10H22N2O2. The van der Waals surface area contributed by atoms with E-state index in [2.05, 4.69) is 19.2 Å². The van der Waals surface area contributed by atoms with Crippen LogP contribution in [0.15, 0.2) is 0 Å². The fourth-order valence-corrected chi connectivity index (χ4v) is 0.945. The Balaban J connectivity index is 4.17. The molecule has 0 bridgehead atoms. The Morgan fingerprint density at radius 3 is 2.50 bits per heavy atom. The zero-order valence-corrected chi connectivity index (χ0v) is 9.59. The highest BCUT2D eigenvalue weighted by molar-refractivity contribution is 5.84. The van der Waals surface area contributed by atoms with Crippen molar-refractivity contribution >= 4 is 5.91 Å². The molecule has 4 nitrogen and oxygen atoms in total. The van der Waals surface area contributed by atoms with Gasteiger partial charge in [-0.05, 0) is 26.3 Å². The minimum atomic E-state index is -0.750. The van der Waals surface area contributed by atoms with Crippen molar-refractivity contribution in [1.29, 1.82) is 0 Å². The molecule has 1 atom stereocenters. The van der Waals surface area contributed by atoms with E-state index in [0.717, 1.165) is 6.54 Å². The number of nitrogens with one attached hydrogen (secondary N) is 1. The second-order valence-corrected chi connectivity index (χ2v) is 4.11. The number of nitrogens with two attached hydrogens (primary N) is 1. The Morgan fingerprint density at radius 2 is 2.14 bits per heavy atom. The molecule has 4 heteroatoms. The molecule has 0 saturated carbocycles. The number of hydrogen-bond donors (Lipinski definition) is 2. The summed E-state index contributed by atoms with van der Waals surface area (Å²) in [6.45, 7) is 9.49. The normalized spacial score (nSPS) is 15.5. The lowest BCUT2D eigenvalue weighted by Crippen LogP contribution is -2.57. The van der Waals surface area contributed by atoms with E-state index in [1.807, 2.05) is 6.92 Å². The number of primary amides is 1. The quantitative estimate of drug-likeness (QED) is 0.632. The standard InChI is InChI=1S/C10H22N2O2/c1-5-14-7-10(4,9(11)13)12-6-8(2)3/h8,12H,5-7H2,1-4H3,(H2,11,13). The number of rotatable bonds is 7. The van der Waals surface area contributed by atoms with Gasteiger partial charge in [-0.15, -0.1) is 0 Å². The van der Waals surface area contributed by atoms with Crippen LogP contribution in [0.2, 0.25) is 0 Å². The van der Waals surface area contributed by atoms with Gasteiger partial charge in [0.2, 0.25) is 5.91 Å². The van der Waals surface area contributed by atoms with Gasteiger partial charge in [-0.25, -0.2) is 0 Å². The first-order valence-corrected chi connectivity index (χ1v) is 5.05. The van der Waals surface area contributed by atoms with Gasteiger partial charge >= 0.3 is 0 Å². The van der Waals surface area contributed by atoms with Crippen LogP contribution < -0.4 is 11.1 Å². The highest BCUT2D eigenvalue weighted by atomic mass is 16.5. The summed E-state index contributed by atoms with van der Waals surface area (Å²) in [5, 5.41) is 3.13. The van der Waals surface area contributed by atoms with E-state index in [0.29, 0.717) is 19.1 Å². The smallest absolute Gasteiger partial charge is 0.239 e. The minimum absolute atomic E-state index is 0.325. The van der Waals surface area contributed by atoms with Crippen molar-refractivity contribution < 1.29 is 9.53 Å². The molecule has 0 fully saturated rings. The van der Waals surface area contributed by atoms with Crippen molar-refractivity contribution in [3.8, 4) is 0 Å². The van der Waals surface area contributed by atoms with Gasteiger partial charge in [0.25, 0.3) is 0 Å². The van der Waals surface area contributed by atoms with Crippen LogP contribution >= 0.6 is 0 Å². The van der Waals surface area contributed by atoms with E-state index in [9.17, 15) is 4.79 Å². The topological polar surface area (TPSA) is 64.3 Å². The van der Waals surface area contributed by atoms with Crippen LogP contribution in [0.4, 0.5) is 0 Å². The number of hydrogen-bond acceptors (Lipinski definition) is 3. The van der Waals surface area contributed by atoms with Gasteiger partial charge in [0.15, 0.2) is 0 Å². The van der Waals surface area contributed by atoms with E-state index in [-0.39, 0.29) is 5.91 Å². The first-order valence-electron chi connectivity index (χ1n) is 5.05. The fraction of sp³-hybridized carbons (Fsp3) is 0.900. The van der Waals surface area contributed by atoms with Gasteiger partial charge in [0, 0.05) is 6.61 Å². The number of carbonyl (C=O) groups is 1. The molecule has 1 unspecified atom stereocenters. The minimum Gasteiger partial charge on any atom is -0.379 e. The van der Waals surface area contributed by atoms with Gasteiger partial charge < -0.3 is 15.8 Å². The summed E-state index contributed by atoms with van der Waals surface area (Å²) < 4.78 is 5.23. The zero-order chi connectivity index (χ0) is 11.2. The van der Waals surface area contributed by atoms with Gasteiger partial charge in [-0.1, -0.05) is 13.8 Å². The molecule has 0 heterocycles. The van der Waals surface area contributed by atoms with E-state index >= 15 is 0 Å². The Hall–Kier alpha value is -0.610. The molecule has 14 heavy (non-hydrogen) atoms. The molecule has 0 aliphatic rings. The van der Waals surface area contributed by atoms with Crippen LogP contribution in [0.25, 0.3) is 0 Å². The maximum Gasteiger partial charge on any atom is 0.239 e. The summed E-state index contributed by atoms with van der Waals surface area (Å²) in [6, 6.07) is 0. The molecule has 0 aliphatic carbocycles. The van der Waals surface area contributed by atoms with Gasteiger partial charge in [0.1, 0.15) is 5.54 Å². The SMILES string of the molecule is CCOCC(C)(NCC(C)C)C(N)=O. The van der Waals surface area contributed by atoms with Crippen LogP contribution in [0.1, 0.15) is 27.7 Å². The maximum atomic E-state index is 11.2. The Labute approximate surface area is 86.2 Å². The molecule has 0 aromatic heterocycles. The third kappa shape index (κ3) is 4.58. The first-order chi connectivity index (χ1) is 6.42. The monoisotopic (exact) mass is 202 g/mol. The molecule has 84 valence electrons. The molecule has 0 aromatic rings. The molecule has 0 radical (unpaired) electrons. The molecule has 0 aliphatic heterocycles. The largest absolute Gasteiger partial charge is 0.379 e. The molecular weight excluding hydrogens is 180 g/mol. The number of amides is 1. The summed E-state index contributed by atoms with van der Waals surface area (Å²) >= 11 is 0. The fourth-order valence-electron chi connectivity index (χ4n) is 0.945. The van der Waals surface area contributed by atoms with Crippen LogP contribution in [0, 0.1) is 5.92 Å². The van der Waals surface area contributed by atoms with Crippen LogP contribution in [0.3, 0.4) is 0 Å². The molecule has 0 aromatic carbocycles. The number of ether oxygens (including phenoxy) is 1. The van der Waals surface area contributed by atoms with Crippen molar-refractivity contribution in [3.05, 3.63) is 0 Å². The highest BCUT2D eigenvalue weighted by Crippen LogP contribution is 2.05. The summed E-state index contributed by atoms with van der Waals surface area (Å²) in [5.41, 5.74) is 4.57. The molecule has 3 N–H and O–H groups in total. The highest BCUT2D eigenvalue weighted by Gasteiger charge is 2.30. The Kier molecular flexibility index (Phi) is 5.72. The van der Waals surface area contributed by atoms with E-state index in [1.165, 1.54) is 0 Å². The van der Waals surface area contributed by atoms with Crippen molar-refractivity contribution in [1.82, 2.24) is 5.32 Å². The first kappa shape index (κ1) is 13.4. The van der Waals surface area contributed by atoms with Crippen molar-refractivity contribution in [3.63, 3.8) is 0 Å². The molecule has 0 spiro atoms. The Bertz CT molecular complexity index is 183. The van der Waals surface area contributed by atoms with Crippen LogP contribution in [-0.2, 0) is 9.53 Å². The summed E-state index contributed by atoms with van der Waals surface area (Å²) in [6.07, 6.45) is 0. The average Bonchev–Trinajstić information content (AvgIpc) is 2.11. The summed E-state index contributed by atoms with van der Waals surface area (Å²) in [5.74, 6) is 0.113. The van der Waals surface area contributed by atoms with Gasteiger partial charge in [0.05, 0.1) is 6.61 Å². The molecule has 0 saturated heterocycles. The molecule has 1 amide bonds. The summed E-state index contributed by atoms with van der Waals surface area (Å²) in [7, 11) is 0. The van der Waals surface area contributed by atoms with Crippen molar-refractivity contribution in [2.24, 2.45) is 11.7 Å². The Morgan fingerprint density at radius 1 is 1.57 bits per heavy atom. The van der Waals surface area contributed by atoms with Crippen LogP contribution in [0.5, 0.6) is 0 Å². The summed E-state index contributed by atoms with van der Waals surface area (Å²) in [4.78, 5) is 11.2. The third-order valence-electron chi connectivity index (χ3n) is 2.04. The van der Waals surface area contributed by atoms with E-state index < -0.39 is 5.54 Å². The van der Waals surface area contributed by atoms with Gasteiger partial charge in [-0.2, -0.15) is 0 Å². The lowest BCUT2D eigenvalue weighted by atomic mass is 10.0. The predicted molar refractivity (Wildman–Crippen MR) is 56.9 cm³/mol.